The third kappa shape index (κ3) is 4.26. The second-order valence-corrected chi connectivity index (χ2v) is 9.89. The van der Waals surface area contributed by atoms with Crippen molar-refractivity contribution in [3.05, 3.63) is 89.0 Å². The van der Waals surface area contributed by atoms with E-state index in [4.69, 9.17) is 0 Å². The molecule has 2 N–H and O–H groups in total. The fourth-order valence-corrected chi connectivity index (χ4v) is 4.90. The Morgan fingerprint density at radius 1 is 0.853 bits per heavy atom. The van der Waals surface area contributed by atoms with Crippen LogP contribution in [0.5, 0.6) is 0 Å². The van der Waals surface area contributed by atoms with Gasteiger partial charge in [0.2, 0.25) is 11.8 Å². The zero-order valence-corrected chi connectivity index (χ0v) is 19.3. The molecule has 1 fully saturated rings. The average molecular weight is 471 g/mol. The maximum absolute atomic E-state index is 13.2. The van der Waals surface area contributed by atoms with Gasteiger partial charge in [0.1, 0.15) is 0 Å². The first-order chi connectivity index (χ1) is 16.4. The summed E-state index contributed by atoms with van der Waals surface area (Å²) in [7, 11) is 0. The minimum absolute atomic E-state index is 0.0302. The number of carbonyl (C=O) groups excluding carboxylic acids is 4. The van der Waals surface area contributed by atoms with Crippen molar-refractivity contribution in [2.24, 2.45) is 5.92 Å². The number of rotatable bonds is 6. The van der Waals surface area contributed by atoms with Crippen molar-refractivity contribution in [1.82, 2.24) is 0 Å². The van der Waals surface area contributed by atoms with Crippen LogP contribution in [0.3, 0.4) is 0 Å². The molecule has 0 spiro atoms. The molecule has 0 bridgehead atoms. The molecule has 34 heavy (non-hydrogen) atoms. The van der Waals surface area contributed by atoms with Crippen LogP contribution in [0, 0.1) is 5.92 Å². The van der Waals surface area contributed by atoms with Gasteiger partial charge in [-0.25, -0.2) is 0 Å². The predicted octanol–water partition coefficient (Wildman–Crippen LogP) is 4.93. The molecule has 2 aliphatic rings. The number of carbonyl (C=O) groups is 4. The van der Waals surface area contributed by atoms with Gasteiger partial charge in [-0.05, 0) is 44.0 Å². The van der Waals surface area contributed by atoms with Crippen molar-refractivity contribution in [2.45, 2.75) is 29.9 Å². The highest BCUT2D eigenvalue weighted by atomic mass is 32.2. The first-order valence-corrected chi connectivity index (χ1v) is 12.0. The molecule has 5 rings (SSSR count). The van der Waals surface area contributed by atoms with Crippen molar-refractivity contribution in [3.63, 3.8) is 0 Å². The van der Waals surface area contributed by atoms with Crippen LogP contribution < -0.4 is 10.6 Å². The number of hydrogen-bond acceptors (Lipinski definition) is 5. The summed E-state index contributed by atoms with van der Waals surface area (Å²) in [6, 6.07) is 19.0. The monoisotopic (exact) mass is 470 g/mol. The molecule has 1 atom stereocenters. The number of thioether (sulfide) groups is 1. The number of benzene rings is 3. The number of nitrogens with one attached hydrogen (secondary N) is 2. The van der Waals surface area contributed by atoms with Crippen molar-refractivity contribution >= 4 is 46.5 Å². The summed E-state index contributed by atoms with van der Waals surface area (Å²) in [5, 5.41) is 5.28. The van der Waals surface area contributed by atoms with E-state index in [9.17, 15) is 19.2 Å². The zero-order valence-electron chi connectivity index (χ0n) is 18.5. The summed E-state index contributed by atoms with van der Waals surface area (Å²) in [5.41, 5.74) is 2.26. The Kier molecular flexibility index (Phi) is 5.79. The van der Waals surface area contributed by atoms with E-state index in [0.29, 0.717) is 28.1 Å². The first kappa shape index (κ1) is 22.1. The van der Waals surface area contributed by atoms with Crippen LogP contribution >= 0.6 is 11.8 Å². The predicted molar refractivity (Wildman–Crippen MR) is 131 cm³/mol. The van der Waals surface area contributed by atoms with Crippen LogP contribution in [0.25, 0.3) is 0 Å². The molecule has 2 amide bonds. The van der Waals surface area contributed by atoms with Gasteiger partial charge >= 0.3 is 0 Å². The molecule has 2 aliphatic carbocycles. The van der Waals surface area contributed by atoms with Crippen molar-refractivity contribution in [2.75, 3.05) is 10.6 Å². The minimum Gasteiger partial charge on any atom is -0.326 e. The Hall–Kier alpha value is -3.71. The van der Waals surface area contributed by atoms with Crippen LogP contribution in [-0.2, 0) is 9.59 Å². The van der Waals surface area contributed by atoms with Gasteiger partial charge < -0.3 is 10.6 Å². The number of hydrogen-bond donors (Lipinski definition) is 2. The molecule has 6 nitrogen and oxygen atoms in total. The Labute approximate surface area is 201 Å². The number of ketones is 2. The van der Waals surface area contributed by atoms with Gasteiger partial charge in [0.05, 0.1) is 16.5 Å². The van der Waals surface area contributed by atoms with E-state index in [1.807, 2.05) is 24.3 Å². The average Bonchev–Trinajstić information content (AvgIpc) is 3.68. The summed E-state index contributed by atoms with van der Waals surface area (Å²) in [6.07, 6.45) is 1.86. The quantitative estimate of drug-likeness (QED) is 0.390. The molecule has 0 aliphatic heterocycles. The molecular formula is C27H22N2O4S. The Bertz CT molecular complexity index is 1350. The molecule has 7 heteroatoms. The molecule has 0 radical (unpaired) electrons. The molecule has 0 heterocycles. The van der Waals surface area contributed by atoms with Crippen molar-refractivity contribution < 1.29 is 19.2 Å². The van der Waals surface area contributed by atoms with Gasteiger partial charge in [-0.2, -0.15) is 0 Å². The van der Waals surface area contributed by atoms with E-state index in [2.05, 4.69) is 10.6 Å². The lowest BCUT2D eigenvalue weighted by atomic mass is 9.83. The molecule has 1 unspecified atom stereocenters. The van der Waals surface area contributed by atoms with Crippen LogP contribution in [-0.4, -0.2) is 28.6 Å². The van der Waals surface area contributed by atoms with Gasteiger partial charge in [0.25, 0.3) is 0 Å². The van der Waals surface area contributed by atoms with Crippen LogP contribution in [0.15, 0.2) is 71.6 Å². The molecule has 3 aromatic carbocycles. The molecule has 170 valence electrons. The van der Waals surface area contributed by atoms with E-state index < -0.39 is 5.25 Å². The molecule has 1 saturated carbocycles. The van der Waals surface area contributed by atoms with Gasteiger partial charge in [-0.15, -0.1) is 11.8 Å². The maximum atomic E-state index is 13.2. The highest BCUT2D eigenvalue weighted by Gasteiger charge is 2.32. The highest BCUT2D eigenvalue weighted by Crippen LogP contribution is 2.34. The van der Waals surface area contributed by atoms with Crippen molar-refractivity contribution in [1.29, 1.82) is 0 Å². The van der Waals surface area contributed by atoms with Crippen molar-refractivity contribution in [3.8, 4) is 0 Å². The summed E-state index contributed by atoms with van der Waals surface area (Å²) in [4.78, 5) is 51.9. The Balaban J connectivity index is 1.32. The van der Waals surface area contributed by atoms with Crippen LogP contribution in [0.2, 0.25) is 0 Å². The lowest BCUT2D eigenvalue weighted by Crippen LogP contribution is -2.27. The third-order valence-electron chi connectivity index (χ3n) is 5.94. The summed E-state index contributed by atoms with van der Waals surface area (Å²) in [6.45, 7) is 1.77. The molecular weight excluding hydrogens is 448 g/mol. The van der Waals surface area contributed by atoms with E-state index in [1.54, 1.807) is 49.4 Å². The van der Waals surface area contributed by atoms with E-state index in [-0.39, 0.29) is 34.9 Å². The van der Waals surface area contributed by atoms with Crippen LogP contribution in [0.1, 0.15) is 51.6 Å². The van der Waals surface area contributed by atoms with Gasteiger partial charge in [0.15, 0.2) is 11.6 Å². The van der Waals surface area contributed by atoms with Gasteiger partial charge in [0, 0.05) is 33.2 Å². The standard InChI is InChI=1S/C27H22N2O4S/c1-15(34-18-7-4-6-17(14-18)28-27(33)16-12-13-16)26(32)29-22-11-5-10-21-23(22)25(31)20-9-3-2-8-19(20)24(21)30/h2-11,14-16H,12-13H2,1H3,(H,28,33)(H,29,32). The largest absolute Gasteiger partial charge is 0.326 e. The molecule has 0 aromatic heterocycles. The third-order valence-corrected chi connectivity index (χ3v) is 7.04. The number of anilines is 2. The lowest BCUT2D eigenvalue weighted by molar-refractivity contribution is -0.117. The molecule has 3 aromatic rings. The maximum Gasteiger partial charge on any atom is 0.237 e. The Morgan fingerprint density at radius 3 is 2.26 bits per heavy atom. The summed E-state index contributed by atoms with van der Waals surface area (Å²) >= 11 is 1.35. The first-order valence-electron chi connectivity index (χ1n) is 11.1. The fraction of sp³-hybridized carbons (Fsp3) is 0.185. The lowest BCUT2D eigenvalue weighted by Gasteiger charge is -2.21. The van der Waals surface area contributed by atoms with E-state index >= 15 is 0 Å². The number of fused-ring (bicyclic) bond motifs is 2. The molecule has 0 saturated heterocycles. The topological polar surface area (TPSA) is 92.3 Å². The second-order valence-electron chi connectivity index (χ2n) is 8.47. The summed E-state index contributed by atoms with van der Waals surface area (Å²) < 4.78 is 0. The van der Waals surface area contributed by atoms with Crippen LogP contribution in [0.4, 0.5) is 11.4 Å². The fourth-order valence-electron chi connectivity index (χ4n) is 3.98. The zero-order chi connectivity index (χ0) is 23.8. The minimum atomic E-state index is -0.480. The summed E-state index contributed by atoms with van der Waals surface area (Å²) in [5.74, 6) is -0.652. The second kappa shape index (κ2) is 8.91. The SMILES string of the molecule is CC(Sc1cccc(NC(=O)C2CC2)c1)C(=O)Nc1cccc2c1C(=O)c1ccccc1C2=O. The van der Waals surface area contributed by atoms with E-state index in [0.717, 1.165) is 17.7 Å². The smallest absolute Gasteiger partial charge is 0.237 e. The Morgan fingerprint density at radius 2 is 1.53 bits per heavy atom. The number of amides is 2. The normalized spacial score (nSPS) is 15.2. The van der Waals surface area contributed by atoms with Gasteiger partial charge in [-0.3, -0.25) is 19.2 Å². The van der Waals surface area contributed by atoms with E-state index in [1.165, 1.54) is 11.8 Å². The van der Waals surface area contributed by atoms with Gasteiger partial charge in [-0.1, -0.05) is 42.5 Å². The highest BCUT2D eigenvalue weighted by molar-refractivity contribution is 8.00.